The molecule has 0 aliphatic heterocycles. The summed E-state index contributed by atoms with van der Waals surface area (Å²) in [4.78, 5) is 3.78. The molecule has 0 aliphatic rings. The number of halogens is 2. The molecule has 1 aromatic heterocycles. The minimum Gasteiger partial charge on any atom is -0.263 e. The van der Waals surface area contributed by atoms with E-state index in [0.29, 0.717) is 5.02 Å². The number of nitriles is 1. The van der Waals surface area contributed by atoms with Crippen molar-refractivity contribution in [3.05, 3.63) is 52.1 Å². The van der Waals surface area contributed by atoms with Crippen LogP contribution in [-0.2, 0) is 10.0 Å². The predicted octanol–water partition coefficient (Wildman–Crippen LogP) is 3.06. The van der Waals surface area contributed by atoms with Crippen LogP contribution < -0.4 is 4.72 Å². The maximum atomic E-state index is 12.1. The van der Waals surface area contributed by atoms with Crippen LogP contribution in [0.15, 0.2) is 41.4 Å². The van der Waals surface area contributed by atoms with Crippen LogP contribution in [0.25, 0.3) is 0 Å². The molecule has 102 valence electrons. The number of aromatic nitrogens is 1. The summed E-state index contributed by atoms with van der Waals surface area (Å²) in [6, 6.07) is 8.64. The maximum Gasteiger partial charge on any atom is 0.263 e. The second kappa shape index (κ2) is 5.67. The molecule has 2 aromatic rings. The Labute approximate surface area is 125 Å². The van der Waals surface area contributed by atoms with Gasteiger partial charge < -0.3 is 0 Å². The molecule has 20 heavy (non-hydrogen) atoms. The van der Waals surface area contributed by atoms with Gasteiger partial charge in [0.15, 0.2) is 0 Å². The Morgan fingerprint density at radius 1 is 1.20 bits per heavy atom. The van der Waals surface area contributed by atoms with Crippen LogP contribution in [0.4, 0.5) is 5.82 Å². The fraction of sp³-hybridized carbons (Fsp3) is 0. The summed E-state index contributed by atoms with van der Waals surface area (Å²) < 4.78 is 26.5. The van der Waals surface area contributed by atoms with Crippen molar-refractivity contribution in [3.63, 3.8) is 0 Å². The minimum atomic E-state index is -3.82. The number of hydrogen-bond acceptors (Lipinski definition) is 4. The molecule has 0 bridgehead atoms. The second-order valence-electron chi connectivity index (χ2n) is 3.72. The number of pyridine rings is 1. The molecule has 0 radical (unpaired) electrons. The first kappa shape index (κ1) is 14.6. The largest absolute Gasteiger partial charge is 0.263 e. The van der Waals surface area contributed by atoms with Gasteiger partial charge in [-0.25, -0.2) is 13.4 Å². The van der Waals surface area contributed by atoms with Crippen molar-refractivity contribution in [2.24, 2.45) is 0 Å². The van der Waals surface area contributed by atoms with Gasteiger partial charge in [-0.2, -0.15) is 5.26 Å². The standard InChI is InChI=1S/C12H7Cl2N3O2S/c13-9-2-4-12(16-7-9)17-20(18,19)10-3-1-8(6-15)11(14)5-10/h1-5,7H,(H,16,17). The van der Waals surface area contributed by atoms with E-state index in [9.17, 15) is 8.42 Å². The number of anilines is 1. The van der Waals surface area contributed by atoms with Crippen LogP contribution in [0.1, 0.15) is 5.56 Å². The van der Waals surface area contributed by atoms with E-state index in [2.05, 4.69) is 9.71 Å². The van der Waals surface area contributed by atoms with Crippen LogP contribution in [0.3, 0.4) is 0 Å². The molecule has 0 saturated carbocycles. The number of rotatable bonds is 3. The van der Waals surface area contributed by atoms with Gasteiger partial charge in [0.25, 0.3) is 10.0 Å². The Kier molecular flexibility index (Phi) is 4.14. The Balaban J connectivity index is 2.33. The monoisotopic (exact) mass is 327 g/mol. The van der Waals surface area contributed by atoms with Crippen molar-refractivity contribution in [1.29, 1.82) is 5.26 Å². The molecular formula is C12H7Cl2N3O2S. The van der Waals surface area contributed by atoms with E-state index in [1.807, 2.05) is 6.07 Å². The van der Waals surface area contributed by atoms with E-state index < -0.39 is 10.0 Å². The summed E-state index contributed by atoms with van der Waals surface area (Å²) in [6.07, 6.45) is 1.32. The number of sulfonamides is 1. The highest BCUT2D eigenvalue weighted by Crippen LogP contribution is 2.22. The van der Waals surface area contributed by atoms with E-state index >= 15 is 0 Å². The fourth-order valence-electron chi connectivity index (χ4n) is 1.39. The molecule has 0 fully saturated rings. The van der Waals surface area contributed by atoms with Crippen LogP contribution in [0.5, 0.6) is 0 Å². The van der Waals surface area contributed by atoms with Gasteiger partial charge >= 0.3 is 0 Å². The summed E-state index contributed by atoms with van der Waals surface area (Å²) in [5, 5.41) is 9.22. The Bertz CT molecular complexity index is 783. The molecule has 1 N–H and O–H groups in total. The molecule has 1 aromatic carbocycles. The minimum absolute atomic E-state index is 0.0572. The van der Waals surface area contributed by atoms with Crippen molar-refractivity contribution < 1.29 is 8.42 Å². The van der Waals surface area contributed by atoms with E-state index in [-0.39, 0.29) is 21.3 Å². The summed E-state index contributed by atoms with van der Waals surface area (Å²) >= 11 is 11.5. The van der Waals surface area contributed by atoms with Crippen molar-refractivity contribution in [1.82, 2.24) is 4.98 Å². The van der Waals surface area contributed by atoms with Gasteiger partial charge in [-0.1, -0.05) is 23.2 Å². The lowest BCUT2D eigenvalue weighted by Gasteiger charge is -2.08. The van der Waals surface area contributed by atoms with E-state index in [1.54, 1.807) is 0 Å². The summed E-state index contributed by atoms with van der Waals surface area (Å²) in [6.45, 7) is 0. The zero-order valence-corrected chi connectivity index (χ0v) is 12.2. The second-order valence-corrected chi connectivity index (χ2v) is 6.25. The lowest BCUT2D eigenvalue weighted by molar-refractivity contribution is 0.601. The smallest absolute Gasteiger partial charge is 0.263 e. The average molecular weight is 328 g/mol. The molecule has 0 atom stereocenters. The molecular weight excluding hydrogens is 321 g/mol. The van der Waals surface area contributed by atoms with Crippen molar-refractivity contribution in [2.45, 2.75) is 4.90 Å². The summed E-state index contributed by atoms with van der Waals surface area (Å²) in [7, 11) is -3.82. The number of benzene rings is 1. The fourth-order valence-corrected chi connectivity index (χ4v) is 2.82. The zero-order valence-electron chi connectivity index (χ0n) is 9.84. The third-order valence-corrected chi connectivity index (χ3v) is 4.23. The lowest BCUT2D eigenvalue weighted by atomic mass is 10.2. The molecule has 5 nitrogen and oxygen atoms in total. The highest BCUT2D eigenvalue weighted by atomic mass is 35.5. The number of nitrogens with zero attached hydrogens (tertiary/aromatic N) is 2. The van der Waals surface area contributed by atoms with Gasteiger partial charge in [-0.15, -0.1) is 0 Å². The average Bonchev–Trinajstić information content (AvgIpc) is 2.41. The van der Waals surface area contributed by atoms with Crippen molar-refractivity contribution >= 4 is 39.0 Å². The van der Waals surface area contributed by atoms with Crippen LogP contribution in [0, 0.1) is 11.3 Å². The van der Waals surface area contributed by atoms with E-state index in [1.165, 1.54) is 36.5 Å². The highest BCUT2D eigenvalue weighted by Gasteiger charge is 2.16. The molecule has 0 amide bonds. The Morgan fingerprint density at radius 2 is 1.95 bits per heavy atom. The first-order chi connectivity index (χ1) is 9.42. The molecule has 2 rings (SSSR count). The van der Waals surface area contributed by atoms with Crippen LogP contribution in [-0.4, -0.2) is 13.4 Å². The van der Waals surface area contributed by atoms with Gasteiger partial charge in [0.2, 0.25) is 0 Å². The quantitative estimate of drug-likeness (QED) is 0.939. The zero-order chi connectivity index (χ0) is 14.8. The third kappa shape index (κ3) is 3.20. The molecule has 0 spiro atoms. The topological polar surface area (TPSA) is 82.8 Å². The predicted molar refractivity (Wildman–Crippen MR) is 76.2 cm³/mol. The van der Waals surface area contributed by atoms with Crippen molar-refractivity contribution in [2.75, 3.05) is 4.72 Å². The molecule has 0 aliphatic carbocycles. The molecule has 1 heterocycles. The summed E-state index contributed by atoms with van der Waals surface area (Å²) in [5.74, 6) is 0.134. The van der Waals surface area contributed by atoms with Crippen LogP contribution in [0.2, 0.25) is 10.0 Å². The van der Waals surface area contributed by atoms with Gasteiger partial charge in [0, 0.05) is 6.20 Å². The molecule has 0 saturated heterocycles. The lowest BCUT2D eigenvalue weighted by Crippen LogP contribution is -2.13. The Morgan fingerprint density at radius 3 is 2.50 bits per heavy atom. The van der Waals surface area contributed by atoms with Gasteiger partial charge in [0.05, 0.1) is 20.5 Å². The van der Waals surface area contributed by atoms with Gasteiger partial charge in [-0.05, 0) is 30.3 Å². The SMILES string of the molecule is N#Cc1ccc(S(=O)(=O)Nc2ccc(Cl)cn2)cc1Cl. The number of nitrogens with one attached hydrogen (secondary N) is 1. The number of hydrogen-bond donors (Lipinski definition) is 1. The summed E-state index contributed by atoms with van der Waals surface area (Å²) in [5.41, 5.74) is 0.204. The van der Waals surface area contributed by atoms with Gasteiger partial charge in [-0.3, -0.25) is 4.72 Å². The first-order valence-corrected chi connectivity index (χ1v) is 7.50. The van der Waals surface area contributed by atoms with Crippen LogP contribution >= 0.6 is 23.2 Å². The molecule has 0 unspecified atom stereocenters. The highest BCUT2D eigenvalue weighted by molar-refractivity contribution is 7.92. The van der Waals surface area contributed by atoms with E-state index in [4.69, 9.17) is 28.5 Å². The maximum absolute atomic E-state index is 12.1. The molecule has 8 heteroatoms. The first-order valence-electron chi connectivity index (χ1n) is 5.26. The Hall–Kier alpha value is -1.81. The van der Waals surface area contributed by atoms with Crippen molar-refractivity contribution in [3.8, 4) is 6.07 Å². The normalized spacial score (nSPS) is 10.8. The third-order valence-electron chi connectivity index (χ3n) is 2.34. The van der Waals surface area contributed by atoms with Gasteiger partial charge in [0.1, 0.15) is 11.9 Å². The van der Waals surface area contributed by atoms with E-state index in [0.717, 1.165) is 0 Å².